The molecule has 0 bridgehead atoms. The van der Waals surface area contributed by atoms with E-state index in [0.29, 0.717) is 5.41 Å². The zero-order valence-electron chi connectivity index (χ0n) is 14.1. The second-order valence-corrected chi connectivity index (χ2v) is 6.87. The molecule has 4 atom stereocenters. The van der Waals surface area contributed by atoms with E-state index in [-0.39, 0.29) is 0 Å². The summed E-state index contributed by atoms with van der Waals surface area (Å²) < 4.78 is 0. The molecule has 0 saturated heterocycles. The van der Waals surface area contributed by atoms with Crippen molar-refractivity contribution in [2.75, 3.05) is 0 Å². The zero-order chi connectivity index (χ0) is 14.5. The first-order chi connectivity index (χ1) is 9.09. The average molecular weight is 264 g/mol. The van der Waals surface area contributed by atoms with Crippen LogP contribution in [0.5, 0.6) is 0 Å². The highest BCUT2D eigenvalue weighted by Gasteiger charge is 2.49. The molecule has 0 aromatic heterocycles. The fourth-order valence-corrected chi connectivity index (χ4v) is 4.83. The van der Waals surface area contributed by atoms with E-state index in [1.165, 1.54) is 51.4 Å². The van der Waals surface area contributed by atoms with Crippen LogP contribution in [0, 0.1) is 23.2 Å². The highest BCUT2D eigenvalue weighted by Crippen LogP contribution is 2.59. The van der Waals surface area contributed by atoms with Crippen LogP contribution in [0.2, 0.25) is 0 Å². The molecular weight excluding hydrogens is 228 g/mol. The quantitative estimate of drug-likeness (QED) is 0.501. The molecule has 0 nitrogen and oxygen atoms in total. The SMILES string of the molecule is C=C1CCCC2(C)C1CCC2C(C)CCCC.CC. The maximum absolute atomic E-state index is 4.36. The normalized spacial score (nSPS) is 35.3. The van der Waals surface area contributed by atoms with Gasteiger partial charge in [0.05, 0.1) is 0 Å². The molecule has 0 aromatic carbocycles. The van der Waals surface area contributed by atoms with Crippen LogP contribution in [0.3, 0.4) is 0 Å². The van der Waals surface area contributed by atoms with E-state index in [4.69, 9.17) is 0 Å². The highest BCUT2D eigenvalue weighted by atomic mass is 14.5. The van der Waals surface area contributed by atoms with Crippen LogP contribution in [0.4, 0.5) is 0 Å². The number of hydrogen-bond donors (Lipinski definition) is 0. The van der Waals surface area contributed by atoms with Gasteiger partial charge in [-0.3, -0.25) is 0 Å². The van der Waals surface area contributed by atoms with Crippen molar-refractivity contribution in [3.05, 3.63) is 12.2 Å². The van der Waals surface area contributed by atoms with E-state index < -0.39 is 0 Å². The first-order valence-corrected chi connectivity index (χ1v) is 8.77. The lowest BCUT2D eigenvalue weighted by molar-refractivity contribution is 0.0937. The lowest BCUT2D eigenvalue weighted by Gasteiger charge is -2.44. The Bertz CT molecular complexity index is 278. The summed E-state index contributed by atoms with van der Waals surface area (Å²) in [5.41, 5.74) is 2.17. The van der Waals surface area contributed by atoms with Gasteiger partial charge in [-0.2, -0.15) is 0 Å². The van der Waals surface area contributed by atoms with Crippen LogP contribution in [0.1, 0.15) is 86.0 Å². The summed E-state index contributed by atoms with van der Waals surface area (Å²) in [5.74, 6) is 2.75. The molecular formula is C19H36. The molecule has 0 aliphatic heterocycles. The summed E-state index contributed by atoms with van der Waals surface area (Å²) in [4.78, 5) is 0. The van der Waals surface area contributed by atoms with Crippen molar-refractivity contribution in [1.82, 2.24) is 0 Å². The standard InChI is InChI=1S/C17H30.C2H6/c1-5-6-8-13(2)15-10-11-16-14(3)9-7-12-17(15,16)4;1-2/h13,15-16H,3,5-12H2,1-2,4H3;1-2H3. The Hall–Kier alpha value is -0.260. The molecule has 19 heavy (non-hydrogen) atoms. The van der Waals surface area contributed by atoms with Gasteiger partial charge in [-0.05, 0) is 55.3 Å². The first kappa shape index (κ1) is 16.8. The second kappa shape index (κ2) is 7.50. The molecule has 0 heterocycles. The van der Waals surface area contributed by atoms with Crippen LogP contribution in [-0.2, 0) is 0 Å². The van der Waals surface area contributed by atoms with Crippen LogP contribution in [0.25, 0.3) is 0 Å². The van der Waals surface area contributed by atoms with Crippen molar-refractivity contribution < 1.29 is 0 Å². The minimum Gasteiger partial charge on any atom is -0.0996 e. The van der Waals surface area contributed by atoms with Gasteiger partial charge in [0.25, 0.3) is 0 Å². The Morgan fingerprint density at radius 3 is 2.63 bits per heavy atom. The number of allylic oxidation sites excluding steroid dienone is 1. The predicted octanol–water partition coefficient (Wildman–Crippen LogP) is 6.61. The summed E-state index contributed by atoms with van der Waals surface area (Å²) in [5, 5.41) is 0. The minimum absolute atomic E-state index is 0.600. The molecule has 2 fully saturated rings. The lowest BCUT2D eigenvalue weighted by Crippen LogP contribution is -2.35. The fraction of sp³-hybridized carbons (Fsp3) is 0.895. The Morgan fingerprint density at radius 1 is 1.32 bits per heavy atom. The molecule has 0 heteroatoms. The summed E-state index contributed by atoms with van der Waals surface area (Å²) in [6.45, 7) is 15.7. The molecule has 2 rings (SSSR count). The maximum atomic E-state index is 4.36. The van der Waals surface area contributed by atoms with E-state index in [1.54, 1.807) is 5.57 Å². The van der Waals surface area contributed by atoms with Crippen molar-refractivity contribution in [1.29, 1.82) is 0 Å². The molecule has 4 unspecified atom stereocenters. The van der Waals surface area contributed by atoms with E-state index in [1.807, 2.05) is 13.8 Å². The second-order valence-electron chi connectivity index (χ2n) is 6.87. The molecule has 0 spiro atoms. The van der Waals surface area contributed by atoms with E-state index >= 15 is 0 Å². The van der Waals surface area contributed by atoms with Crippen molar-refractivity contribution in [2.45, 2.75) is 86.0 Å². The zero-order valence-corrected chi connectivity index (χ0v) is 14.1. The van der Waals surface area contributed by atoms with Crippen molar-refractivity contribution in [3.8, 4) is 0 Å². The highest BCUT2D eigenvalue weighted by molar-refractivity contribution is 5.15. The summed E-state index contributed by atoms with van der Waals surface area (Å²) >= 11 is 0. The van der Waals surface area contributed by atoms with Gasteiger partial charge in [-0.15, -0.1) is 0 Å². The van der Waals surface area contributed by atoms with Crippen molar-refractivity contribution in [3.63, 3.8) is 0 Å². The molecule has 112 valence electrons. The molecule has 0 amide bonds. The van der Waals surface area contributed by atoms with Gasteiger partial charge >= 0.3 is 0 Å². The summed E-state index contributed by atoms with van der Waals surface area (Å²) in [6.07, 6.45) is 11.2. The van der Waals surface area contributed by atoms with Crippen LogP contribution in [0.15, 0.2) is 12.2 Å². The lowest BCUT2D eigenvalue weighted by atomic mass is 9.61. The van der Waals surface area contributed by atoms with Crippen molar-refractivity contribution >= 4 is 0 Å². The molecule has 0 N–H and O–H groups in total. The van der Waals surface area contributed by atoms with Gasteiger partial charge in [-0.25, -0.2) is 0 Å². The Balaban J connectivity index is 0.000000861. The molecule has 2 aliphatic rings. The largest absolute Gasteiger partial charge is 0.0996 e. The molecule has 2 aliphatic carbocycles. The molecule has 0 radical (unpaired) electrons. The smallest absolute Gasteiger partial charge is 0.0149 e. The predicted molar refractivity (Wildman–Crippen MR) is 87.3 cm³/mol. The van der Waals surface area contributed by atoms with E-state index in [0.717, 1.165) is 17.8 Å². The number of rotatable bonds is 4. The Morgan fingerprint density at radius 2 is 2.00 bits per heavy atom. The summed E-state index contributed by atoms with van der Waals surface area (Å²) in [7, 11) is 0. The fourth-order valence-electron chi connectivity index (χ4n) is 4.83. The monoisotopic (exact) mass is 264 g/mol. The van der Waals surface area contributed by atoms with E-state index in [2.05, 4.69) is 27.4 Å². The van der Waals surface area contributed by atoms with Crippen LogP contribution in [-0.4, -0.2) is 0 Å². The first-order valence-electron chi connectivity index (χ1n) is 8.77. The van der Waals surface area contributed by atoms with Gasteiger partial charge in [0.1, 0.15) is 0 Å². The number of unbranched alkanes of at least 4 members (excludes halogenated alkanes) is 1. The Kier molecular flexibility index (Phi) is 6.63. The van der Waals surface area contributed by atoms with Gasteiger partial charge in [0.15, 0.2) is 0 Å². The third-order valence-electron chi connectivity index (χ3n) is 5.82. The Labute approximate surface area is 122 Å². The average Bonchev–Trinajstić information content (AvgIpc) is 2.77. The van der Waals surface area contributed by atoms with Crippen LogP contribution < -0.4 is 0 Å². The maximum Gasteiger partial charge on any atom is -0.0149 e. The summed E-state index contributed by atoms with van der Waals surface area (Å²) in [6, 6.07) is 0. The van der Waals surface area contributed by atoms with Gasteiger partial charge in [-0.1, -0.05) is 66.0 Å². The van der Waals surface area contributed by atoms with Gasteiger partial charge in [0, 0.05) is 0 Å². The third kappa shape index (κ3) is 3.44. The third-order valence-corrected chi connectivity index (χ3v) is 5.82. The van der Waals surface area contributed by atoms with Crippen molar-refractivity contribution in [2.24, 2.45) is 23.2 Å². The molecule has 0 aromatic rings. The number of fused-ring (bicyclic) bond motifs is 1. The number of hydrogen-bond acceptors (Lipinski definition) is 0. The minimum atomic E-state index is 0.600. The van der Waals surface area contributed by atoms with Crippen LogP contribution >= 0.6 is 0 Å². The topological polar surface area (TPSA) is 0 Å². The van der Waals surface area contributed by atoms with E-state index in [9.17, 15) is 0 Å². The van der Waals surface area contributed by atoms with Gasteiger partial charge < -0.3 is 0 Å². The van der Waals surface area contributed by atoms with Gasteiger partial charge in [0.2, 0.25) is 0 Å². The molecule has 2 saturated carbocycles.